The summed E-state index contributed by atoms with van der Waals surface area (Å²) in [7, 11) is 0. The SMILES string of the molecule is O=CC1Cc2ccccc2N1N=Cc1ccccc1. The average molecular weight is 250 g/mol. The van der Waals surface area contributed by atoms with Crippen LogP contribution >= 0.6 is 0 Å². The molecule has 0 bridgehead atoms. The Morgan fingerprint density at radius 1 is 1.05 bits per heavy atom. The molecule has 1 atom stereocenters. The van der Waals surface area contributed by atoms with Crippen molar-refractivity contribution in [1.82, 2.24) is 0 Å². The van der Waals surface area contributed by atoms with E-state index in [0.717, 1.165) is 24.0 Å². The highest BCUT2D eigenvalue weighted by Crippen LogP contribution is 2.31. The van der Waals surface area contributed by atoms with Crippen molar-refractivity contribution < 1.29 is 4.79 Å². The standard InChI is InChI=1S/C16H14N2O/c19-12-15-10-14-8-4-5-9-16(14)18(15)17-11-13-6-2-1-3-7-13/h1-9,11-12,15H,10H2. The highest BCUT2D eigenvalue weighted by atomic mass is 16.1. The van der Waals surface area contributed by atoms with Crippen molar-refractivity contribution in [2.24, 2.45) is 5.10 Å². The van der Waals surface area contributed by atoms with E-state index < -0.39 is 0 Å². The van der Waals surface area contributed by atoms with Gasteiger partial charge in [-0.1, -0.05) is 48.5 Å². The molecule has 1 aliphatic heterocycles. The highest BCUT2D eigenvalue weighted by molar-refractivity contribution is 5.82. The van der Waals surface area contributed by atoms with Crippen molar-refractivity contribution in [1.29, 1.82) is 0 Å². The van der Waals surface area contributed by atoms with Gasteiger partial charge in [0.15, 0.2) is 0 Å². The molecule has 3 heteroatoms. The number of fused-ring (bicyclic) bond motifs is 1. The third-order valence-electron chi connectivity index (χ3n) is 3.27. The Bertz CT molecular complexity index is 607. The average Bonchev–Trinajstić information content (AvgIpc) is 2.84. The lowest BCUT2D eigenvalue weighted by atomic mass is 10.1. The molecule has 0 amide bonds. The number of aldehydes is 1. The van der Waals surface area contributed by atoms with E-state index >= 15 is 0 Å². The summed E-state index contributed by atoms with van der Waals surface area (Å²) in [6.45, 7) is 0. The maximum atomic E-state index is 11.2. The number of hydrogen-bond acceptors (Lipinski definition) is 3. The van der Waals surface area contributed by atoms with E-state index in [2.05, 4.69) is 5.10 Å². The van der Waals surface area contributed by atoms with Gasteiger partial charge in [-0.2, -0.15) is 5.10 Å². The van der Waals surface area contributed by atoms with E-state index in [1.54, 1.807) is 11.2 Å². The molecular weight excluding hydrogens is 236 g/mol. The summed E-state index contributed by atoms with van der Waals surface area (Å²) in [6, 6.07) is 17.7. The van der Waals surface area contributed by atoms with Crippen molar-refractivity contribution in [3.05, 3.63) is 65.7 Å². The molecule has 0 aromatic heterocycles. The Hall–Kier alpha value is -2.42. The third-order valence-corrected chi connectivity index (χ3v) is 3.27. The molecule has 19 heavy (non-hydrogen) atoms. The molecule has 0 fully saturated rings. The molecule has 94 valence electrons. The lowest BCUT2D eigenvalue weighted by Crippen LogP contribution is -2.28. The molecule has 0 aliphatic carbocycles. The number of carbonyl (C=O) groups is 1. The van der Waals surface area contributed by atoms with Crippen molar-refractivity contribution in [3.63, 3.8) is 0 Å². The molecule has 0 saturated heterocycles. The molecule has 0 radical (unpaired) electrons. The van der Waals surface area contributed by atoms with Gasteiger partial charge in [0.05, 0.1) is 11.9 Å². The summed E-state index contributed by atoms with van der Waals surface area (Å²) in [5.74, 6) is 0. The molecule has 1 aliphatic rings. The number of hydrogen-bond donors (Lipinski definition) is 0. The summed E-state index contributed by atoms with van der Waals surface area (Å²) in [4.78, 5) is 11.2. The first-order chi connectivity index (χ1) is 9.38. The number of carbonyl (C=O) groups excluding carboxylic acids is 1. The van der Waals surface area contributed by atoms with Crippen LogP contribution in [0.1, 0.15) is 11.1 Å². The van der Waals surface area contributed by atoms with Gasteiger partial charge in [0.2, 0.25) is 0 Å². The summed E-state index contributed by atoms with van der Waals surface area (Å²) in [6.07, 6.45) is 3.48. The van der Waals surface area contributed by atoms with Crippen molar-refractivity contribution >= 4 is 18.2 Å². The van der Waals surface area contributed by atoms with Crippen molar-refractivity contribution in [2.45, 2.75) is 12.5 Å². The fourth-order valence-electron chi connectivity index (χ4n) is 2.32. The fraction of sp³-hybridized carbons (Fsp3) is 0.125. The summed E-state index contributed by atoms with van der Waals surface area (Å²) < 4.78 is 0. The topological polar surface area (TPSA) is 32.7 Å². The minimum Gasteiger partial charge on any atom is -0.301 e. The second-order valence-electron chi connectivity index (χ2n) is 4.54. The minimum atomic E-state index is -0.197. The molecular formula is C16H14N2O. The quantitative estimate of drug-likeness (QED) is 0.619. The first-order valence-electron chi connectivity index (χ1n) is 6.30. The van der Waals surface area contributed by atoms with Gasteiger partial charge in [-0.05, 0) is 17.2 Å². The second-order valence-corrected chi connectivity index (χ2v) is 4.54. The smallest absolute Gasteiger partial charge is 0.144 e. The van der Waals surface area contributed by atoms with Gasteiger partial charge in [-0.3, -0.25) is 5.01 Å². The first-order valence-corrected chi connectivity index (χ1v) is 6.30. The lowest BCUT2D eigenvalue weighted by Gasteiger charge is -2.17. The predicted molar refractivity (Wildman–Crippen MR) is 76.5 cm³/mol. The molecule has 3 rings (SSSR count). The number of rotatable bonds is 3. The molecule has 2 aromatic rings. The Morgan fingerprint density at radius 3 is 2.58 bits per heavy atom. The second kappa shape index (κ2) is 5.06. The zero-order chi connectivity index (χ0) is 13.1. The van der Waals surface area contributed by atoms with Crippen LogP contribution in [-0.2, 0) is 11.2 Å². The Kier molecular flexibility index (Phi) is 3.11. The number of hydrazone groups is 1. The maximum Gasteiger partial charge on any atom is 0.144 e. The Morgan fingerprint density at radius 2 is 1.79 bits per heavy atom. The number of para-hydroxylation sites is 1. The van der Waals surface area contributed by atoms with Gasteiger partial charge in [0.1, 0.15) is 12.3 Å². The van der Waals surface area contributed by atoms with E-state index in [9.17, 15) is 4.79 Å². The zero-order valence-corrected chi connectivity index (χ0v) is 10.4. The van der Waals surface area contributed by atoms with Crippen LogP contribution in [0, 0.1) is 0 Å². The van der Waals surface area contributed by atoms with Crippen molar-refractivity contribution in [2.75, 3.05) is 5.01 Å². The third kappa shape index (κ3) is 2.27. The molecule has 1 heterocycles. The summed E-state index contributed by atoms with van der Waals surface area (Å²) in [5.41, 5.74) is 3.22. The molecule has 1 unspecified atom stereocenters. The minimum absolute atomic E-state index is 0.197. The van der Waals surface area contributed by atoms with Crippen LogP contribution in [-0.4, -0.2) is 18.5 Å². The molecule has 0 saturated carbocycles. The van der Waals surface area contributed by atoms with Gasteiger partial charge < -0.3 is 4.79 Å². The van der Waals surface area contributed by atoms with E-state index in [4.69, 9.17) is 0 Å². The van der Waals surface area contributed by atoms with Crippen molar-refractivity contribution in [3.8, 4) is 0 Å². The van der Waals surface area contributed by atoms with Gasteiger partial charge in [0, 0.05) is 6.42 Å². The predicted octanol–water partition coefficient (Wildman–Crippen LogP) is 2.65. The van der Waals surface area contributed by atoms with Gasteiger partial charge >= 0.3 is 0 Å². The Labute approximate surface area is 112 Å². The van der Waals surface area contributed by atoms with Crippen LogP contribution in [0.5, 0.6) is 0 Å². The summed E-state index contributed by atoms with van der Waals surface area (Å²) in [5, 5.41) is 6.27. The zero-order valence-electron chi connectivity index (χ0n) is 10.4. The molecule has 0 spiro atoms. The Balaban J connectivity index is 1.90. The molecule has 2 aromatic carbocycles. The normalized spacial score (nSPS) is 17.7. The number of anilines is 1. The van der Waals surface area contributed by atoms with Crippen LogP contribution in [0.2, 0.25) is 0 Å². The van der Waals surface area contributed by atoms with Crippen LogP contribution in [0.25, 0.3) is 0 Å². The maximum absolute atomic E-state index is 11.2. The largest absolute Gasteiger partial charge is 0.301 e. The molecule has 0 N–H and O–H groups in total. The van der Waals surface area contributed by atoms with E-state index in [1.807, 2.05) is 54.6 Å². The van der Waals surface area contributed by atoms with E-state index in [0.29, 0.717) is 0 Å². The fourth-order valence-corrected chi connectivity index (χ4v) is 2.32. The monoisotopic (exact) mass is 250 g/mol. The van der Waals surface area contributed by atoms with E-state index in [-0.39, 0.29) is 6.04 Å². The first kappa shape index (κ1) is 11.7. The van der Waals surface area contributed by atoms with Crippen LogP contribution in [0.4, 0.5) is 5.69 Å². The number of benzene rings is 2. The van der Waals surface area contributed by atoms with Gasteiger partial charge in [-0.15, -0.1) is 0 Å². The van der Waals surface area contributed by atoms with Gasteiger partial charge in [-0.25, -0.2) is 0 Å². The van der Waals surface area contributed by atoms with Gasteiger partial charge in [0.25, 0.3) is 0 Å². The van der Waals surface area contributed by atoms with Crippen LogP contribution in [0.3, 0.4) is 0 Å². The lowest BCUT2D eigenvalue weighted by molar-refractivity contribution is -0.108. The summed E-state index contributed by atoms with van der Waals surface area (Å²) >= 11 is 0. The molecule has 3 nitrogen and oxygen atoms in total. The number of nitrogens with zero attached hydrogens (tertiary/aromatic N) is 2. The van der Waals surface area contributed by atoms with Crippen LogP contribution < -0.4 is 5.01 Å². The van der Waals surface area contributed by atoms with E-state index in [1.165, 1.54) is 5.56 Å². The van der Waals surface area contributed by atoms with Crippen LogP contribution in [0.15, 0.2) is 59.7 Å². The highest BCUT2D eigenvalue weighted by Gasteiger charge is 2.28.